The van der Waals surface area contributed by atoms with Crippen LogP contribution in [0.3, 0.4) is 0 Å². The van der Waals surface area contributed by atoms with Crippen molar-refractivity contribution < 1.29 is 4.79 Å². The summed E-state index contributed by atoms with van der Waals surface area (Å²) < 4.78 is 0. The summed E-state index contributed by atoms with van der Waals surface area (Å²) in [4.78, 5) is 15.2. The number of carbonyl (C=O) groups excluding carboxylic acids is 1. The Balaban J connectivity index is 1.19. The molecule has 2 heterocycles. The van der Waals surface area contributed by atoms with Crippen LogP contribution in [0.1, 0.15) is 64.2 Å². The van der Waals surface area contributed by atoms with Crippen molar-refractivity contribution in [1.82, 2.24) is 20.9 Å². The van der Waals surface area contributed by atoms with E-state index < -0.39 is 0 Å². The summed E-state index contributed by atoms with van der Waals surface area (Å²) in [6, 6.07) is 1.34. The van der Waals surface area contributed by atoms with Gasteiger partial charge in [-0.05, 0) is 94.2 Å². The van der Waals surface area contributed by atoms with Gasteiger partial charge in [0.15, 0.2) is 5.11 Å². The Hall–Kier alpha value is -1.04. The maximum atomic E-state index is 12.8. The zero-order valence-corrected chi connectivity index (χ0v) is 16.6. The normalized spacial score (nSPS) is 45.5. The third-order valence-corrected chi connectivity index (χ3v) is 8.35. The van der Waals surface area contributed by atoms with Crippen molar-refractivity contribution in [2.75, 3.05) is 7.05 Å². The van der Waals surface area contributed by atoms with E-state index in [0.29, 0.717) is 12.1 Å². The molecule has 144 valence electrons. The van der Waals surface area contributed by atoms with Gasteiger partial charge >= 0.3 is 6.03 Å². The Morgan fingerprint density at radius 3 is 2.00 bits per heavy atom. The monoisotopic (exact) mass is 376 g/mol. The van der Waals surface area contributed by atoms with Gasteiger partial charge in [0, 0.05) is 30.7 Å². The molecule has 2 aliphatic heterocycles. The fourth-order valence-corrected chi connectivity index (χ4v) is 7.78. The molecule has 6 heteroatoms. The number of amides is 2. The lowest BCUT2D eigenvalue weighted by atomic mass is 9.53. The number of carbonyl (C=O) groups is 1. The summed E-state index contributed by atoms with van der Waals surface area (Å²) >= 11 is 5.48. The van der Waals surface area contributed by atoms with Gasteiger partial charge < -0.3 is 20.9 Å². The summed E-state index contributed by atoms with van der Waals surface area (Å²) in [5.41, 5.74) is 0.103. The molecule has 2 atom stereocenters. The van der Waals surface area contributed by atoms with Crippen LogP contribution in [0.25, 0.3) is 0 Å². The van der Waals surface area contributed by atoms with E-state index in [9.17, 15) is 4.79 Å². The highest BCUT2D eigenvalue weighted by Crippen LogP contribution is 2.55. The third-order valence-electron chi connectivity index (χ3n) is 7.93. The van der Waals surface area contributed by atoms with Crippen molar-refractivity contribution in [2.24, 2.45) is 17.8 Å². The number of hydrogen-bond donors (Lipinski definition) is 3. The summed E-state index contributed by atoms with van der Waals surface area (Å²) in [6.45, 7) is 0. The molecule has 4 aliphatic carbocycles. The van der Waals surface area contributed by atoms with Crippen molar-refractivity contribution in [3.05, 3.63) is 0 Å². The number of nitrogens with one attached hydrogen (secondary N) is 3. The van der Waals surface area contributed by atoms with Gasteiger partial charge in [-0.2, -0.15) is 0 Å². The average molecular weight is 377 g/mol. The molecule has 6 bridgehead atoms. The molecular formula is C20H32N4OS. The molecule has 6 rings (SSSR count). The predicted molar refractivity (Wildman–Crippen MR) is 106 cm³/mol. The van der Waals surface area contributed by atoms with Gasteiger partial charge in [-0.15, -0.1) is 0 Å². The zero-order chi connectivity index (χ0) is 17.9. The first-order chi connectivity index (χ1) is 12.5. The van der Waals surface area contributed by atoms with Crippen LogP contribution in [0, 0.1) is 17.8 Å². The van der Waals surface area contributed by atoms with E-state index in [2.05, 4.69) is 20.9 Å². The third kappa shape index (κ3) is 2.88. The maximum absolute atomic E-state index is 12.8. The van der Waals surface area contributed by atoms with E-state index in [1.54, 1.807) is 0 Å². The van der Waals surface area contributed by atoms with Gasteiger partial charge in [-0.25, -0.2) is 4.79 Å². The highest BCUT2D eigenvalue weighted by molar-refractivity contribution is 7.80. The summed E-state index contributed by atoms with van der Waals surface area (Å²) in [5.74, 6) is 2.59. The fraction of sp³-hybridized carbons (Fsp3) is 0.900. The van der Waals surface area contributed by atoms with E-state index >= 15 is 0 Å². The second-order valence-electron chi connectivity index (χ2n) is 9.81. The second-order valence-corrected chi connectivity index (χ2v) is 10.2. The minimum atomic E-state index is 0.0843. The first-order valence-corrected chi connectivity index (χ1v) is 11.0. The van der Waals surface area contributed by atoms with Gasteiger partial charge in [0.2, 0.25) is 0 Å². The van der Waals surface area contributed by atoms with Crippen molar-refractivity contribution in [3.63, 3.8) is 0 Å². The van der Waals surface area contributed by atoms with Gasteiger partial charge in [-0.1, -0.05) is 0 Å². The van der Waals surface area contributed by atoms with Crippen molar-refractivity contribution >= 4 is 23.4 Å². The summed E-state index contributed by atoms with van der Waals surface area (Å²) in [5, 5.41) is 10.8. The number of thiocarbonyl (C=S) groups is 1. The van der Waals surface area contributed by atoms with Crippen LogP contribution in [0.2, 0.25) is 0 Å². The molecule has 4 saturated carbocycles. The first kappa shape index (κ1) is 17.1. The van der Waals surface area contributed by atoms with Crippen LogP contribution in [-0.4, -0.2) is 46.8 Å². The predicted octanol–water partition coefficient (Wildman–Crippen LogP) is 2.75. The second kappa shape index (κ2) is 6.25. The minimum absolute atomic E-state index is 0.0843. The standard InChI is InChI=1S/C20H32N4OS/c1-21-19(26)24-16-2-3-17(24)8-15(7-16)22-18(25)23-20-9-12-4-13(10-20)6-14(5-12)11-20/h12-17H,2-11H2,1H3,(H,21,26)(H2,22,23,25)/t12?,13?,14?,16-,17-,20?/m1/s1. The lowest BCUT2D eigenvalue weighted by molar-refractivity contribution is -0.0138. The van der Waals surface area contributed by atoms with E-state index in [4.69, 9.17) is 12.2 Å². The molecule has 2 amide bonds. The average Bonchev–Trinajstić information content (AvgIpc) is 2.83. The summed E-state index contributed by atoms with van der Waals surface area (Å²) in [7, 11) is 1.91. The quantitative estimate of drug-likeness (QED) is 0.649. The van der Waals surface area contributed by atoms with Crippen LogP contribution in [0.5, 0.6) is 0 Å². The number of nitrogens with zero attached hydrogens (tertiary/aromatic N) is 1. The van der Waals surface area contributed by atoms with Gasteiger partial charge in [0.1, 0.15) is 0 Å². The van der Waals surface area contributed by atoms with Crippen LogP contribution in [-0.2, 0) is 0 Å². The Morgan fingerprint density at radius 1 is 0.962 bits per heavy atom. The Bertz CT molecular complexity index is 559. The van der Waals surface area contributed by atoms with Gasteiger partial charge in [0.05, 0.1) is 0 Å². The van der Waals surface area contributed by atoms with E-state index in [-0.39, 0.29) is 17.6 Å². The number of urea groups is 1. The van der Waals surface area contributed by atoms with Crippen molar-refractivity contribution in [3.8, 4) is 0 Å². The fourth-order valence-electron chi connectivity index (χ4n) is 7.48. The Morgan fingerprint density at radius 2 is 1.50 bits per heavy atom. The van der Waals surface area contributed by atoms with Gasteiger partial charge in [0.25, 0.3) is 0 Å². The summed E-state index contributed by atoms with van der Waals surface area (Å²) in [6.07, 6.45) is 12.3. The molecule has 0 spiro atoms. The largest absolute Gasteiger partial charge is 0.366 e. The molecule has 6 fully saturated rings. The Labute approximate surface area is 162 Å². The lowest BCUT2D eigenvalue weighted by Gasteiger charge is -2.56. The van der Waals surface area contributed by atoms with Crippen LogP contribution in [0.4, 0.5) is 4.79 Å². The van der Waals surface area contributed by atoms with E-state index in [0.717, 1.165) is 35.7 Å². The number of fused-ring (bicyclic) bond motifs is 2. The molecule has 0 aromatic carbocycles. The van der Waals surface area contributed by atoms with E-state index in [1.165, 1.54) is 51.4 Å². The van der Waals surface area contributed by atoms with Crippen LogP contribution in [0.15, 0.2) is 0 Å². The molecule has 2 saturated heterocycles. The topological polar surface area (TPSA) is 56.4 Å². The number of hydrogen-bond acceptors (Lipinski definition) is 2. The first-order valence-electron chi connectivity index (χ1n) is 10.6. The zero-order valence-electron chi connectivity index (χ0n) is 15.8. The maximum Gasteiger partial charge on any atom is 0.315 e. The molecule has 3 N–H and O–H groups in total. The minimum Gasteiger partial charge on any atom is -0.366 e. The SMILES string of the molecule is CNC(=S)N1[C@@H]2CC[C@@H]1CC(NC(=O)NC13CC4CC(CC(C4)C1)C3)C2. The smallest absolute Gasteiger partial charge is 0.315 e. The molecule has 0 radical (unpaired) electrons. The molecule has 6 aliphatic rings. The molecular weight excluding hydrogens is 344 g/mol. The van der Waals surface area contributed by atoms with Gasteiger partial charge in [-0.3, -0.25) is 0 Å². The Kier molecular flexibility index (Phi) is 4.11. The number of rotatable bonds is 2. The lowest BCUT2D eigenvalue weighted by Crippen LogP contribution is -2.63. The van der Waals surface area contributed by atoms with Crippen molar-refractivity contribution in [1.29, 1.82) is 0 Å². The molecule has 26 heavy (non-hydrogen) atoms. The highest BCUT2D eigenvalue weighted by Gasteiger charge is 2.52. The van der Waals surface area contributed by atoms with E-state index in [1.807, 2.05) is 7.05 Å². The van der Waals surface area contributed by atoms with Crippen LogP contribution >= 0.6 is 12.2 Å². The molecule has 0 aromatic rings. The van der Waals surface area contributed by atoms with Crippen molar-refractivity contribution in [2.45, 2.75) is 87.9 Å². The molecule has 0 aromatic heterocycles. The molecule has 5 nitrogen and oxygen atoms in total. The molecule has 0 unspecified atom stereocenters. The number of piperidine rings is 1. The van der Waals surface area contributed by atoms with Crippen LogP contribution < -0.4 is 16.0 Å². The highest BCUT2D eigenvalue weighted by atomic mass is 32.1.